The number of halogens is 2. The van der Waals surface area contributed by atoms with Crippen molar-refractivity contribution < 1.29 is 23.1 Å². The summed E-state index contributed by atoms with van der Waals surface area (Å²) in [4.78, 5) is 49.5. The van der Waals surface area contributed by atoms with E-state index < -0.39 is 23.0 Å². The molecule has 0 radical (unpaired) electrons. The van der Waals surface area contributed by atoms with Crippen LogP contribution in [0.1, 0.15) is 50.9 Å². The minimum atomic E-state index is -0.815. The molecule has 1 N–H and O–H groups in total. The molecular formula is C33H31F2N5O4. The SMILES string of the molecule is C[C@H]1CCN(Cc2cccnc2)[C@@H]2Cn3cc(C(=O)NCc4ccc(F)cc4F)c(=O)c(OCc4ccccc4)c3C(=O)N12. The van der Waals surface area contributed by atoms with Gasteiger partial charge in [-0.15, -0.1) is 0 Å². The van der Waals surface area contributed by atoms with Crippen LogP contribution in [0.15, 0.2) is 84.0 Å². The summed E-state index contributed by atoms with van der Waals surface area (Å²) in [6, 6.07) is 16.0. The summed E-state index contributed by atoms with van der Waals surface area (Å²) in [5, 5.41) is 2.56. The molecule has 44 heavy (non-hydrogen) atoms. The van der Waals surface area contributed by atoms with Crippen molar-refractivity contribution in [3.63, 3.8) is 0 Å². The van der Waals surface area contributed by atoms with Crippen LogP contribution >= 0.6 is 0 Å². The lowest BCUT2D eigenvalue weighted by atomic mass is 10.0. The van der Waals surface area contributed by atoms with E-state index in [2.05, 4.69) is 15.2 Å². The Kier molecular flexibility index (Phi) is 8.21. The van der Waals surface area contributed by atoms with Crippen LogP contribution in [0.25, 0.3) is 0 Å². The predicted octanol–water partition coefficient (Wildman–Crippen LogP) is 4.11. The number of hydrogen-bond donors (Lipinski definition) is 1. The standard InChI is InChI=1S/C33H31F2N5O4/c1-21-11-13-38(17-23-8-5-12-36-15-23)28-19-39-18-26(32(42)37-16-24-9-10-25(34)14-27(24)35)30(41)31(29(39)33(43)40(21)28)44-20-22-6-3-2-4-7-22/h2-10,12,14-15,18,21,28H,11,13,16-17,19-20H2,1H3,(H,37,42)/t21-,28-/m0/s1. The first-order valence-corrected chi connectivity index (χ1v) is 14.4. The summed E-state index contributed by atoms with van der Waals surface area (Å²) in [6.45, 7) is 3.33. The number of rotatable bonds is 8. The molecule has 11 heteroatoms. The fraction of sp³-hybridized carbons (Fsp3) is 0.273. The van der Waals surface area contributed by atoms with E-state index >= 15 is 0 Å². The number of amides is 2. The van der Waals surface area contributed by atoms with Gasteiger partial charge in [0.25, 0.3) is 11.8 Å². The number of benzene rings is 2. The van der Waals surface area contributed by atoms with Gasteiger partial charge in [-0.3, -0.25) is 24.3 Å². The molecule has 2 aliphatic rings. The Labute approximate surface area is 252 Å². The zero-order chi connectivity index (χ0) is 30.8. The van der Waals surface area contributed by atoms with E-state index in [0.29, 0.717) is 13.1 Å². The maximum atomic E-state index is 14.2. The van der Waals surface area contributed by atoms with Crippen LogP contribution in [0.2, 0.25) is 0 Å². The molecule has 4 heterocycles. The van der Waals surface area contributed by atoms with Crippen LogP contribution in [0.4, 0.5) is 8.78 Å². The van der Waals surface area contributed by atoms with Gasteiger partial charge in [-0.1, -0.05) is 42.5 Å². The summed E-state index contributed by atoms with van der Waals surface area (Å²) in [5.74, 6) is -2.89. The van der Waals surface area contributed by atoms with Gasteiger partial charge in [0.1, 0.15) is 30.0 Å². The number of hydrogen-bond acceptors (Lipinski definition) is 6. The molecule has 0 aliphatic carbocycles. The Hall–Kier alpha value is -4.90. The zero-order valence-corrected chi connectivity index (χ0v) is 24.1. The van der Waals surface area contributed by atoms with Crippen molar-refractivity contribution in [1.29, 1.82) is 0 Å². The second-order valence-corrected chi connectivity index (χ2v) is 11.1. The van der Waals surface area contributed by atoms with Crippen molar-refractivity contribution in [3.05, 3.63) is 129 Å². The van der Waals surface area contributed by atoms with E-state index in [1.807, 2.05) is 49.4 Å². The van der Waals surface area contributed by atoms with Gasteiger partial charge in [0.2, 0.25) is 5.43 Å². The van der Waals surface area contributed by atoms with Crippen LogP contribution < -0.4 is 15.5 Å². The van der Waals surface area contributed by atoms with Crippen molar-refractivity contribution in [1.82, 2.24) is 24.7 Å². The van der Waals surface area contributed by atoms with Crippen molar-refractivity contribution >= 4 is 11.8 Å². The third-order valence-corrected chi connectivity index (χ3v) is 8.12. The maximum Gasteiger partial charge on any atom is 0.276 e. The highest BCUT2D eigenvalue weighted by atomic mass is 19.1. The second kappa shape index (κ2) is 12.4. The largest absolute Gasteiger partial charge is 0.483 e. The molecule has 0 saturated carbocycles. The number of aromatic nitrogens is 2. The van der Waals surface area contributed by atoms with Gasteiger partial charge < -0.3 is 19.5 Å². The van der Waals surface area contributed by atoms with Gasteiger partial charge in [-0.25, -0.2) is 8.78 Å². The highest BCUT2D eigenvalue weighted by molar-refractivity contribution is 5.99. The van der Waals surface area contributed by atoms with E-state index in [4.69, 9.17) is 4.74 Å². The summed E-state index contributed by atoms with van der Waals surface area (Å²) in [7, 11) is 0. The molecule has 2 aromatic carbocycles. The smallest absolute Gasteiger partial charge is 0.276 e. The Morgan fingerprint density at radius 2 is 1.86 bits per heavy atom. The normalized spacial score (nSPS) is 18.0. The van der Waals surface area contributed by atoms with E-state index in [9.17, 15) is 23.2 Å². The minimum Gasteiger partial charge on any atom is -0.483 e. The summed E-state index contributed by atoms with van der Waals surface area (Å²) in [6.07, 6.45) is 5.28. The van der Waals surface area contributed by atoms with Crippen molar-refractivity contribution in [2.75, 3.05) is 6.54 Å². The average molecular weight is 600 g/mol. The molecule has 226 valence electrons. The minimum absolute atomic E-state index is 0.00827. The Morgan fingerprint density at radius 3 is 2.61 bits per heavy atom. The van der Waals surface area contributed by atoms with E-state index in [0.717, 1.165) is 36.2 Å². The summed E-state index contributed by atoms with van der Waals surface area (Å²) >= 11 is 0. The number of ether oxygens (including phenoxy) is 1. The van der Waals surface area contributed by atoms with Gasteiger partial charge in [-0.05, 0) is 36.6 Å². The lowest BCUT2D eigenvalue weighted by Crippen LogP contribution is -2.63. The van der Waals surface area contributed by atoms with Gasteiger partial charge >= 0.3 is 0 Å². The van der Waals surface area contributed by atoms with Gasteiger partial charge in [0.15, 0.2) is 11.4 Å². The first-order chi connectivity index (χ1) is 21.3. The first-order valence-electron chi connectivity index (χ1n) is 14.4. The Bertz CT molecular complexity index is 1750. The van der Waals surface area contributed by atoms with E-state index in [1.54, 1.807) is 21.9 Å². The molecule has 0 bridgehead atoms. The number of nitrogens with one attached hydrogen (secondary N) is 1. The van der Waals surface area contributed by atoms with Gasteiger partial charge in [0.05, 0.1) is 6.54 Å². The Morgan fingerprint density at radius 1 is 1.07 bits per heavy atom. The quantitative estimate of drug-likeness (QED) is 0.328. The van der Waals surface area contributed by atoms with Crippen LogP contribution in [0.3, 0.4) is 0 Å². The topological polar surface area (TPSA) is 96.8 Å². The lowest BCUT2D eigenvalue weighted by Gasteiger charge is -2.50. The fourth-order valence-electron chi connectivity index (χ4n) is 5.82. The third-order valence-electron chi connectivity index (χ3n) is 8.12. The first kappa shape index (κ1) is 29.2. The van der Waals surface area contributed by atoms with Crippen LogP contribution in [0.5, 0.6) is 5.75 Å². The molecule has 6 rings (SSSR count). The predicted molar refractivity (Wildman–Crippen MR) is 158 cm³/mol. The van der Waals surface area contributed by atoms with Gasteiger partial charge in [0, 0.05) is 55.9 Å². The molecule has 2 aromatic heterocycles. The third kappa shape index (κ3) is 5.83. The number of nitrogens with zero attached hydrogens (tertiary/aromatic N) is 4. The van der Waals surface area contributed by atoms with E-state index in [1.165, 1.54) is 12.3 Å². The van der Waals surface area contributed by atoms with E-state index in [-0.39, 0.29) is 53.8 Å². The van der Waals surface area contributed by atoms with Crippen LogP contribution in [-0.4, -0.2) is 49.9 Å². The number of fused-ring (bicyclic) bond motifs is 2. The lowest BCUT2D eigenvalue weighted by molar-refractivity contribution is -0.0364. The molecule has 1 saturated heterocycles. The monoisotopic (exact) mass is 599 g/mol. The van der Waals surface area contributed by atoms with Crippen LogP contribution in [0, 0.1) is 11.6 Å². The summed E-state index contributed by atoms with van der Waals surface area (Å²) in [5.41, 5.74) is 0.934. The Balaban J connectivity index is 1.37. The van der Waals surface area contributed by atoms with Crippen molar-refractivity contribution in [2.24, 2.45) is 0 Å². The molecular weight excluding hydrogens is 568 g/mol. The summed E-state index contributed by atoms with van der Waals surface area (Å²) < 4.78 is 35.2. The fourth-order valence-corrected chi connectivity index (χ4v) is 5.82. The van der Waals surface area contributed by atoms with Gasteiger partial charge in [-0.2, -0.15) is 0 Å². The van der Waals surface area contributed by atoms with Crippen molar-refractivity contribution in [3.8, 4) is 5.75 Å². The molecule has 4 aromatic rings. The molecule has 0 unspecified atom stereocenters. The molecule has 9 nitrogen and oxygen atoms in total. The number of carbonyl (C=O) groups excluding carboxylic acids is 2. The zero-order valence-electron chi connectivity index (χ0n) is 24.1. The molecule has 1 fully saturated rings. The van der Waals surface area contributed by atoms with Crippen molar-refractivity contribution in [2.45, 2.75) is 51.8 Å². The highest BCUT2D eigenvalue weighted by Crippen LogP contribution is 2.32. The highest BCUT2D eigenvalue weighted by Gasteiger charge is 2.44. The number of carbonyl (C=O) groups is 2. The molecule has 2 atom stereocenters. The molecule has 2 aliphatic heterocycles. The average Bonchev–Trinajstić information content (AvgIpc) is 3.02. The molecule has 2 amide bonds. The maximum absolute atomic E-state index is 14.2. The number of pyridine rings is 2. The van der Waals surface area contributed by atoms with Crippen LogP contribution in [-0.2, 0) is 26.2 Å². The second-order valence-electron chi connectivity index (χ2n) is 11.1. The molecule has 0 spiro atoms.